The lowest BCUT2D eigenvalue weighted by molar-refractivity contribution is -0.123. The lowest BCUT2D eigenvalue weighted by atomic mass is 10.0. The molecular formula is C32H59N5O8S. The predicted molar refractivity (Wildman–Crippen MR) is 179 cm³/mol. The Kier molecular flexibility index (Phi) is 21.0. The number of hydrogen-bond acceptors (Lipinski definition) is 9. The molecule has 2 saturated heterocycles. The Hall–Kier alpha value is -2.13. The third-order valence-corrected chi connectivity index (χ3v) is 8.89. The Balaban J connectivity index is 1.24. The molecule has 13 nitrogen and oxygen atoms in total. The second kappa shape index (κ2) is 24.1. The van der Waals surface area contributed by atoms with Crippen molar-refractivity contribution in [3.63, 3.8) is 0 Å². The summed E-state index contributed by atoms with van der Waals surface area (Å²) in [6.45, 7) is 11.3. The minimum Gasteiger partial charge on any atom is -0.379 e. The van der Waals surface area contributed by atoms with Crippen molar-refractivity contribution >= 4 is 35.5 Å². The topological polar surface area (TPSA) is 165 Å². The number of amides is 5. The van der Waals surface area contributed by atoms with E-state index in [0.717, 1.165) is 37.9 Å². The second-order valence-electron chi connectivity index (χ2n) is 12.6. The van der Waals surface area contributed by atoms with Gasteiger partial charge in [-0.1, -0.05) is 6.42 Å². The number of hydrogen-bond donors (Lipinski definition) is 5. The van der Waals surface area contributed by atoms with Gasteiger partial charge in [0.1, 0.15) is 0 Å². The number of ether oxygens (including phenoxy) is 4. The summed E-state index contributed by atoms with van der Waals surface area (Å²) in [6, 6.07) is 0.414. The highest BCUT2D eigenvalue weighted by atomic mass is 32.2. The van der Waals surface area contributed by atoms with E-state index in [1.165, 1.54) is 0 Å². The van der Waals surface area contributed by atoms with Crippen LogP contribution in [0.3, 0.4) is 0 Å². The SMILES string of the molecule is CC(C)(C)OCCCNC(=O)CCCC(=O)NCCCOCCOCCOCCCNC(=O)CCCC[C@@H]1SC[C@@H]2NC(=O)N[C@@H]21. The van der Waals surface area contributed by atoms with Crippen molar-refractivity contribution in [3.8, 4) is 0 Å². The molecule has 0 radical (unpaired) electrons. The lowest BCUT2D eigenvalue weighted by Gasteiger charge is -2.19. The van der Waals surface area contributed by atoms with E-state index in [9.17, 15) is 19.2 Å². The molecule has 0 unspecified atom stereocenters. The van der Waals surface area contributed by atoms with E-state index in [2.05, 4.69) is 26.6 Å². The molecule has 0 spiro atoms. The van der Waals surface area contributed by atoms with Crippen LogP contribution in [-0.2, 0) is 33.3 Å². The summed E-state index contributed by atoms with van der Waals surface area (Å²) in [5.41, 5.74) is -0.169. The maximum atomic E-state index is 12.0. The molecule has 0 saturated carbocycles. The molecular weight excluding hydrogens is 614 g/mol. The summed E-state index contributed by atoms with van der Waals surface area (Å²) in [4.78, 5) is 47.3. The smallest absolute Gasteiger partial charge is 0.315 e. The summed E-state index contributed by atoms with van der Waals surface area (Å²) < 4.78 is 22.2. The number of carbonyl (C=O) groups excluding carboxylic acids is 4. The summed E-state index contributed by atoms with van der Waals surface area (Å²) in [6.07, 6.45) is 6.80. The fourth-order valence-corrected chi connectivity index (χ4v) is 6.52. The van der Waals surface area contributed by atoms with Gasteiger partial charge < -0.3 is 45.5 Å². The van der Waals surface area contributed by atoms with Gasteiger partial charge in [0.2, 0.25) is 17.7 Å². The molecule has 0 aromatic rings. The molecule has 266 valence electrons. The highest BCUT2D eigenvalue weighted by molar-refractivity contribution is 8.00. The molecule has 2 heterocycles. The number of unbranched alkanes of at least 4 members (excludes halogenated alkanes) is 1. The molecule has 14 heteroatoms. The van der Waals surface area contributed by atoms with Crippen LogP contribution >= 0.6 is 11.8 Å². The third-order valence-electron chi connectivity index (χ3n) is 7.39. The number of carbonyl (C=O) groups is 4. The van der Waals surface area contributed by atoms with Crippen LogP contribution in [0, 0.1) is 0 Å². The van der Waals surface area contributed by atoms with E-state index in [1.54, 1.807) is 0 Å². The van der Waals surface area contributed by atoms with Crippen molar-refractivity contribution in [2.45, 2.75) is 108 Å². The van der Waals surface area contributed by atoms with Crippen LogP contribution in [0.2, 0.25) is 0 Å². The maximum Gasteiger partial charge on any atom is 0.315 e. The Labute approximate surface area is 279 Å². The van der Waals surface area contributed by atoms with Crippen LogP contribution < -0.4 is 26.6 Å². The normalized spacial score (nSPS) is 18.9. The highest BCUT2D eigenvalue weighted by Crippen LogP contribution is 2.33. The quantitative estimate of drug-likeness (QED) is 0.0650. The van der Waals surface area contributed by atoms with Crippen LogP contribution in [0.15, 0.2) is 0 Å². The van der Waals surface area contributed by atoms with E-state index in [-0.39, 0.29) is 41.4 Å². The zero-order valence-electron chi connectivity index (χ0n) is 28.3. The van der Waals surface area contributed by atoms with Crippen molar-refractivity contribution in [3.05, 3.63) is 0 Å². The van der Waals surface area contributed by atoms with Crippen molar-refractivity contribution < 1.29 is 38.1 Å². The lowest BCUT2D eigenvalue weighted by Crippen LogP contribution is -2.36. The number of thioether (sulfide) groups is 1. The molecule has 5 amide bonds. The van der Waals surface area contributed by atoms with E-state index < -0.39 is 0 Å². The first kappa shape index (κ1) is 40.0. The molecule has 5 N–H and O–H groups in total. The Morgan fingerprint density at radius 2 is 1.20 bits per heavy atom. The first-order valence-electron chi connectivity index (χ1n) is 17.0. The van der Waals surface area contributed by atoms with Crippen molar-refractivity contribution in [1.82, 2.24) is 26.6 Å². The number of fused-ring (bicyclic) bond motifs is 1. The molecule has 0 aliphatic carbocycles. The molecule has 0 aromatic carbocycles. The first-order valence-corrected chi connectivity index (χ1v) is 18.0. The fourth-order valence-electron chi connectivity index (χ4n) is 4.97. The minimum absolute atomic E-state index is 0.0392. The molecule has 46 heavy (non-hydrogen) atoms. The Morgan fingerprint density at radius 1 is 0.696 bits per heavy atom. The Bertz CT molecular complexity index is 891. The van der Waals surface area contributed by atoms with Crippen LogP contribution in [0.25, 0.3) is 0 Å². The standard InChI is InChI=1S/C32H59N5O8S/c1-32(2,3)45-19-9-16-35-29(40)13-6-12-28(39)34-15-8-18-43-21-23-44-22-20-42-17-7-14-33-27(38)11-5-4-10-26-30-25(24-46-26)36-31(41)37-30/h25-26,30H,4-24H2,1-3H3,(H,33,38)(H,34,39)(H,35,40)(H2,36,37,41)/t25-,26-,30-/m0/s1. The van der Waals surface area contributed by atoms with Gasteiger partial charge in [0.05, 0.1) is 44.1 Å². The molecule has 2 aliphatic heterocycles. The maximum absolute atomic E-state index is 12.0. The molecule has 2 aliphatic rings. The summed E-state index contributed by atoms with van der Waals surface area (Å²) in [5, 5.41) is 15.1. The molecule has 0 bridgehead atoms. The average molecular weight is 674 g/mol. The van der Waals surface area contributed by atoms with Gasteiger partial charge in [-0.3, -0.25) is 14.4 Å². The van der Waals surface area contributed by atoms with Crippen molar-refractivity contribution in [2.24, 2.45) is 0 Å². The summed E-state index contributed by atoms with van der Waals surface area (Å²) in [5.74, 6) is 0.940. The van der Waals surface area contributed by atoms with E-state index in [1.807, 2.05) is 32.5 Å². The van der Waals surface area contributed by atoms with Gasteiger partial charge in [0.15, 0.2) is 0 Å². The zero-order valence-corrected chi connectivity index (χ0v) is 29.1. The van der Waals surface area contributed by atoms with Gasteiger partial charge in [0, 0.05) is 69.7 Å². The summed E-state index contributed by atoms with van der Waals surface area (Å²) >= 11 is 1.90. The largest absolute Gasteiger partial charge is 0.379 e. The zero-order chi connectivity index (χ0) is 33.5. The minimum atomic E-state index is -0.169. The predicted octanol–water partition coefficient (Wildman–Crippen LogP) is 2.27. The first-order chi connectivity index (χ1) is 22.1. The van der Waals surface area contributed by atoms with Gasteiger partial charge in [-0.25, -0.2) is 4.79 Å². The van der Waals surface area contributed by atoms with Gasteiger partial charge in [-0.2, -0.15) is 11.8 Å². The fraction of sp³-hybridized carbons (Fsp3) is 0.875. The van der Waals surface area contributed by atoms with Gasteiger partial charge in [-0.05, 0) is 59.3 Å². The van der Waals surface area contributed by atoms with E-state index in [4.69, 9.17) is 18.9 Å². The second-order valence-corrected chi connectivity index (χ2v) is 13.9. The van der Waals surface area contributed by atoms with E-state index in [0.29, 0.717) is 103 Å². The summed E-state index contributed by atoms with van der Waals surface area (Å²) in [7, 11) is 0. The van der Waals surface area contributed by atoms with Crippen LogP contribution in [0.1, 0.15) is 85.0 Å². The monoisotopic (exact) mass is 673 g/mol. The number of rotatable bonds is 27. The Morgan fingerprint density at radius 3 is 1.74 bits per heavy atom. The number of urea groups is 1. The molecule has 0 aromatic heterocycles. The molecule has 2 fully saturated rings. The van der Waals surface area contributed by atoms with Gasteiger partial charge in [-0.15, -0.1) is 0 Å². The van der Waals surface area contributed by atoms with Crippen LogP contribution in [0.4, 0.5) is 4.79 Å². The third kappa shape index (κ3) is 20.2. The van der Waals surface area contributed by atoms with Gasteiger partial charge in [0.25, 0.3) is 0 Å². The highest BCUT2D eigenvalue weighted by Gasteiger charge is 2.42. The van der Waals surface area contributed by atoms with Crippen LogP contribution in [-0.4, -0.2) is 118 Å². The molecule has 3 atom stereocenters. The van der Waals surface area contributed by atoms with Crippen molar-refractivity contribution in [2.75, 3.05) is 71.6 Å². The van der Waals surface area contributed by atoms with E-state index >= 15 is 0 Å². The molecule has 2 rings (SSSR count). The average Bonchev–Trinajstić information content (AvgIpc) is 3.55. The van der Waals surface area contributed by atoms with Crippen LogP contribution in [0.5, 0.6) is 0 Å². The van der Waals surface area contributed by atoms with Gasteiger partial charge >= 0.3 is 6.03 Å². The van der Waals surface area contributed by atoms with Crippen molar-refractivity contribution in [1.29, 1.82) is 0 Å². The number of nitrogens with one attached hydrogen (secondary N) is 5.